The summed E-state index contributed by atoms with van der Waals surface area (Å²) in [5.41, 5.74) is 0.456. The fourth-order valence-corrected chi connectivity index (χ4v) is 3.20. The molecular formula is C12H13BrClN3OS. The number of aromatic nitrogens is 2. The van der Waals surface area contributed by atoms with Gasteiger partial charge in [0.1, 0.15) is 5.69 Å². The lowest BCUT2D eigenvalue weighted by atomic mass is 10.2. The van der Waals surface area contributed by atoms with Gasteiger partial charge in [-0.2, -0.15) is 5.10 Å². The van der Waals surface area contributed by atoms with Gasteiger partial charge in [-0.15, -0.1) is 11.3 Å². The monoisotopic (exact) mass is 361 g/mol. The number of carbonyl (C=O) groups is 1. The Morgan fingerprint density at radius 3 is 2.89 bits per heavy atom. The van der Waals surface area contributed by atoms with Gasteiger partial charge in [-0.1, -0.05) is 11.6 Å². The van der Waals surface area contributed by atoms with Gasteiger partial charge in [-0.25, -0.2) is 0 Å². The molecule has 0 bridgehead atoms. The second-order valence-corrected chi connectivity index (χ2v) is 6.56. The number of rotatable bonds is 5. The number of halogens is 2. The first-order valence-corrected chi connectivity index (χ1v) is 7.69. The second-order valence-electron chi connectivity index (χ2n) is 4.33. The molecule has 7 heteroatoms. The summed E-state index contributed by atoms with van der Waals surface area (Å²) in [6.45, 7) is 1.43. The van der Waals surface area contributed by atoms with E-state index in [9.17, 15) is 4.79 Å². The average Bonchev–Trinajstić information content (AvgIpc) is 2.92. The van der Waals surface area contributed by atoms with Crippen molar-refractivity contribution >= 4 is 44.7 Å². The van der Waals surface area contributed by atoms with E-state index in [-0.39, 0.29) is 5.78 Å². The maximum Gasteiger partial charge on any atom is 0.222 e. The number of carbonyl (C=O) groups excluding carboxylic acids is 1. The predicted molar refractivity (Wildman–Crippen MR) is 81.2 cm³/mol. The molecule has 0 spiro atoms. The molecule has 0 N–H and O–H groups in total. The third kappa shape index (κ3) is 3.45. The van der Waals surface area contributed by atoms with E-state index in [0.717, 1.165) is 11.0 Å². The van der Waals surface area contributed by atoms with E-state index in [1.54, 1.807) is 10.7 Å². The topological polar surface area (TPSA) is 38.1 Å². The zero-order chi connectivity index (χ0) is 14.0. The van der Waals surface area contributed by atoms with Gasteiger partial charge in [0.25, 0.3) is 0 Å². The minimum absolute atomic E-state index is 0.0862. The maximum atomic E-state index is 12.4. The number of hydrogen-bond acceptors (Lipinski definition) is 4. The zero-order valence-electron chi connectivity index (χ0n) is 10.6. The summed E-state index contributed by atoms with van der Waals surface area (Å²) in [5.74, 6) is -0.0862. The summed E-state index contributed by atoms with van der Waals surface area (Å²) in [4.78, 5) is 15.1. The van der Waals surface area contributed by atoms with Crippen molar-refractivity contribution in [2.75, 3.05) is 20.6 Å². The SMILES string of the molecule is CN(C)CCn1ncc(Cl)c1C(=O)c1cc(Br)cs1. The summed E-state index contributed by atoms with van der Waals surface area (Å²) in [5, 5.41) is 6.44. The van der Waals surface area contributed by atoms with E-state index < -0.39 is 0 Å². The van der Waals surface area contributed by atoms with Crippen LogP contribution in [0, 0.1) is 0 Å². The molecule has 2 aromatic rings. The van der Waals surface area contributed by atoms with Crippen LogP contribution in [-0.4, -0.2) is 41.1 Å². The third-order valence-corrected chi connectivity index (χ3v) is 4.53. The lowest BCUT2D eigenvalue weighted by Crippen LogP contribution is -2.21. The minimum atomic E-state index is -0.0862. The summed E-state index contributed by atoms with van der Waals surface area (Å²) in [6, 6.07) is 1.80. The smallest absolute Gasteiger partial charge is 0.222 e. The van der Waals surface area contributed by atoms with Crippen LogP contribution in [0.3, 0.4) is 0 Å². The van der Waals surface area contributed by atoms with Gasteiger partial charge >= 0.3 is 0 Å². The highest BCUT2D eigenvalue weighted by atomic mass is 79.9. The molecule has 0 atom stereocenters. The Morgan fingerprint density at radius 2 is 2.32 bits per heavy atom. The number of ketones is 1. The molecule has 2 heterocycles. The predicted octanol–water partition coefficient (Wildman–Crippen LogP) is 3.15. The molecule has 0 saturated heterocycles. The normalized spacial score (nSPS) is 11.2. The molecule has 0 radical (unpaired) electrons. The van der Waals surface area contributed by atoms with Gasteiger partial charge in [0.15, 0.2) is 0 Å². The lowest BCUT2D eigenvalue weighted by molar-refractivity contribution is 0.103. The van der Waals surface area contributed by atoms with Crippen molar-refractivity contribution in [3.63, 3.8) is 0 Å². The van der Waals surface area contributed by atoms with Crippen molar-refractivity contribution in [3.05, 3.63) is 37.7 Å². The van der Waals surface area contributed by atoms with Gasteiger partial charge in [-0.05, 0) is 36.1 Å². The fraction of sp³-hybridized carbons (Fsp3) is 0.333. The fourth-order valence-electron chi connectivity index (χ4n) is 1.60. The van der Waals surface area contributed by atoms with Crippen LogP contribution in [0.4, 0.5) is 0 Å². The summed E-state index contributed by atoms with van der Waals surface area (Å²) in [7, 11) is 3.95. The van der Waals surface area contributed by atoms with Crippen molar-refractivity contribution in [2.24, 2.45) is 0 Å². The molecule has 2 rings (SSSR count). The van der Waals surface area contributed by atoms with E-state index in [2.05, 4.69) is 21.0 Å². The summed E-state index contributed by atoms with van der Waals surface area (Å²) in [6.07, 6.45) is 1.52. The van der Waals surface area contributed by atoms with Gasteiger partial charge in [0, 0.05) is 16.4 Å². The van der Waals surface area contributed by atoms with E-state index in [4.69, 9.17) is 11.6 Å². The Morgan fingerprint density at radius 1 is 1.58 bits per heavy atom. The molecule has 0 aliphatic carbocycles. The Labute approximate surface area is 129 Å². The Hall–Kier alpha value is -0.690. The van der Waals surface area contributed by atoms with Crippen LogP contribution >= 0.6 is 38.9 Å². The first kappa shape index (κ1) is 14.7. The summed E-state index contributed by atoms with van der Waals surface area (Å²) >= 11 is 10.8. The number of likely N-dealkylation sites (N-methyl/N-ethyl adjacent to an activating group) is 1. The Kier molecular flexibility index (Phi) is 4.78. The number of hydrogen-bond donors (Lipinski definition) is 0. The van der Waals surface area contributed by atoms with Crippen molar-refractivity contribution in [1.82, 2.24) is 14.7 Å². The molecule has 102 valence electrons. The molecule has 0 saturated carbocycles. The summed E-state index contributed by atoms with van der Waals surface area (Å²) < 4.78 is 2.56. The molecule has 0 aliphatic rings. The number of nitrogens with zero attached hydrogens (tertiary/aromatic N) is 3. The first-order valence-electron chi connectivity index (χ1n) is 5.64. The largest absolute Gasteiger partial charge is 0.308 e. The average molecular weight is 363 g/mol. The van der Waals surface area contributed by atoms with Crippen LogP contribution in [-0.2, 0) is 6.54 Å². The van der Waals surface area contributed by atoms with Crippen molar-refractivity contribution < 1.29 is 4.79 Å². The second kappa shape index (κ2) is 6.17. The van der Waals surface area contributed by atoms with E-state index in [1.165, 1.54) is 17.5 Å². The van der Waals surface area contributed by atoms with Crippen molar-refractivity contribution in [3.8, 4) is 0 Å². The van der Waals surface area contributed by atoms with E-state index in [1.807, 2.05) is 24.4 Å². The van der Waals surface area contributed by atoms with Crippen molar-refractivity contribution in [2.45, 2.75) is 6.54 Å². The van der Waals surface area contributed by atoms with Crippen molar-refractivity contribution in [1.29, 1.82) is 0 Å². The van der Waals surface area contributed by atoms with Gasteiger partial charge in [0.2, 0.25) is 5.78 Å². The molecule has 0 fully saturated rings. The molecule has 0 aliphatic heterocycles. The van der Waals surface area contributed by atoms with Gasteiger partial charge in [0.05, 0.1) is 22.6 Å². The zero-order valence-corrected chi connectivity index (χ0v) is 13.7. The van der Waals surface area contributed by atoms with Crippen LogP contribution < -0.4 is 0 Å². The molecule has 0 amide bonds. The highest BCUT2D eigenvalue weighted by Crippen LogP contribution is 2.25. The molecule has 4 nitrogen and oxygen atoms in total. The van der Waals surface area contributed by atoms with Crippen LogP contribution in [0.1, 0.15) is 15.4 Å². The van der Waals surface area contributed by atoms with E-state index >= 15 is 0 Å². The first-order chi connectivity index (χ1) is 8.99. The molecule has 19 heavy (non-hydrogen) atoms. The number of thiophene rings is 1. The highest BCUT2D eigenvalue weighted by molar-refractivity contribution is 9.10. The molecular weight excluding hydrogens is 350 g/mol. The van der Waals surface area contributed by atoms with Crippen LogP contribution in [0.15, 0.2) is 22.1 Å². The van der Waals surface area contributed by atoms with Gasteiger partial charge in [-0.3, -0.25) is 9.48 Å². The lowest BCUT2D eigenvalue weighted by Gasteiger charge is -2.11. The quantitative estimate of drug-likeness (QED) is 0.767. The van der Waals surface area contributed by atoms with Crippen LogP contribution in [0.5, 0.6) is 0 Å². The highest BCUT2D eigenvalue weighted by Gasteiger charge is 2.20. The third-order valence-electron chi connectivity index (χ3n) is 2.56. The maximum absolute atomic E-state index is 12.4. The molecule has 0 aromatic carbocycles. The molecule has 2 aromatic heterocycles. The Bertz CT molecular complexity index is 594. The Balaban J connectivity index is 2.28. The van der Waals surface area contributed by atoms with Crippen LogP contribution in [0.25, 0.3) is 0 Å². The molecule has 0 unspecified atom stereocenters. The van der Waals surface area contributed by atoms with E-state index in [0.29, 0.717) is 22.1 Å². The van der Waals surface area contributed by atoms with Gasteiger partial charge < -0.3 is 4.90 Å². The standard InChI is InChI=1S/C12H13BrClN3OS/c1-16(2)3-4-17-11(9(14)6-15-17)12(18)10-5-8(13)7-19-10/h5-7H,3-4H2,1-2H3. The van der Waals surface area contributed by atoms with Crippen LogP contribution in [0.2, 0.25) is 5.02 Å². The minimum Gasteiger partial charge on any atom is -0.308 e.